The minimum Gasteiger partial charge on any atom is -0.494 e. The van der Waals surface area contributed by atoms with E-state index in [9.17, 15) is 37.5 Å². The molecular weight excluding hydrogens is 1160 g/mol. The van der Waals surface area contributed by atoms with Crippen molar-refractivity contribution in [1.82, 2.24) is 30.0 Å². The van der Waals surface area contributed by atoms with Gasteiger partial charge in [0.2, 0.25) is 11.9 Å². The van der Waals surface area contributed by atoms with E-state index < -0.39 is 51.3 Å². The van der Waals surface area contributed by atoms with Gasteiger partial charge in [-0.15, -0.1) is 4.83 Å². The topological polar surface area (TPSA) is 267 Å². The number of fused-ring (bicyclic) bond motifs is 1. The number of carboxylic acids is 1. The van der Waals surface area contributed by atoms with Crippen molar-refractivity contribution in [1.29, 1.82) is 0 Å². The molecule has 0 spiro atoms. The molecule has 21 nitrogen and oxygen atoms in total. The van der Waals surface area contributed by atoms with E-state index in [2.05, 4.69) is 66.7 Å². The summed E-state index contributed by atoms with van der Waals surface area (Å²) in [5.41, 5.74) is 4.23. The number of alkyl carbamates (subject to hydrolysis) is 1. The van der Waals surface area contributed by atoms with Gasteiger partial charge >= 0.3 is 12.1 Å². The number of benzene rings is 6. The standard InChI is InChI=1S/C67H76N8O13S/c1-47-42-56(87-37-17-28-59(76)68-31-18-35-84-38-40-86-41-39-85-36-19-32-70-66(81)88-46-51-20-9-5-10-21-51)43-48(2)62(47)89(82,83)73-75(50(4)64(79)80)63(78)60-49(3)61(77)57-30-29-52(44-58(57)72-60)45-71-65-69-33-34-74(65)67(53-22-11-6-12-23-53,54-24-13-7-14-25-54)55-26-15-8-16-27-55/h5-16,20-27,29-30,33-34,42-44,49-50,73H,17-19,28,31-32,35-41,45-46H2,1-4H3,(H,68,76)(H,69,71)(H,70,81)(H,79,80). The smallest absolute Gasteiger partial charge is 0.407 e. The maximum Gasteiger partial charge on any atom is 0.407 e. The molecule has 1 aliphatic heterocycles. The fourth-order valence-corrected chi connectivity index (χ4v) is 11.9. The third kappa shape index (κ3) is 17.4. The molecular formula is C67H76N8O13S. The van der Waals surface area contributed by atoms with Crippen molar-refractivity contribution in [2.45, 2.75) is 83.0 Å². The number of nitrogens with zero attached hydrogens (tertiary/aromatic N) is 4. The van der Waals surface area contributed by atoms with Crippen LogP contribution in [0.5, 0.6) is 5.75 Å². The number of hydrazine groups is 1. The number of aliphatic imine (C=N–C) groups is 1. The first kappa shape index (κ1) is 65.9. The van der Waals surface area contributed by atoms with E-state index in [0.29, 0.717) is 94.3 Å². The maximum absolute atomic E-state index is 14.6. The highest BCUT2D eigenvalue weighted by Crippen LogP contribution is 2.43. The number of carbonyl (C=O) groups is 5. The summed E-state index contributed by atoms with van der Waals surface area (Å²) < 4.78 is 58.4. The summed E-state index contributed by atoms with van der Waals surface area (Å²) in [6.07, 6.45) is 4.96. The van der Waals surface area contributed by atoms with E-state index in [0.717, 1.165) is 29.2 Å². The Labute approximate surface area is 518 Å². The van der Waals surface area contributed by atoms with Crippen molar-refractivity contribution < 1.29 is 61.2 Å². The van der Waals surface area contributed by atoms with E-state index in [1.54, 1.807) is 24.4 Å². The average Bonchev–Trinajstić information content (AvgIpc) is 1.83. The van der Waals surface area contributed by atoms with E-state index in [-0.39, 0.29) is 65.1 Å². The number of carboxylic acid groups (broad SMARTS) is 1. The molecule has 2 atom stereocenters. The number of nitrogens with one attached hydrogen (secondary N) is 4. The van der Waals surface area contributed by atoms with Crippen LogP contribution < -0.4 is 25.5 Å². The molecule has 89 heavy (non-hydrogen) atoms. The fourth-order valence-electron chi connectivity index (χ4n) is 10.4. The van der Waals surface area contributed by atoms with Crippen LogP contribution in [0.4, 0.5) is 16.4 Å². The van der Waals surface area contributed by atoms with Crippen molar-refractivity contribution in [2.24, 2.45) is 10.9 Å². The van der Waals surface area contributed by atoms with Crippen molar-refractivity contribution in [2.75, 3.05) is 64.7 Å². The minimum absolute atomic E-state index is 0.150. The van der Waals surface area contributed by atoms with Crippen molar-refractivity contribution in [3.05, 3.63) is 209 Å². The maximum atomic E-state index is 14.6. The second-order valence-electron chi connectivity index (χ2n) is 21.2. The van der Waals surface area contributed by atoms with Gasteiger partial charge in [0.25, 0.3) is 15.9 Å². The third-order valence-electron chi connectivity index (χ3n) is 14.8. The van der Waals surface area contributed by atoms with Crippen LogP contribution in [0, 0.1) is 19.8 Å². The Morgan fingerprint density at radius 3 is 1.82 bits per heavy atom. The average molecular weight is 1230 g/mol. The summed E-state index contributed by atoms with van der Waals surface area (Å²) in [4.78, 5) is 76.9. The Bertz CT molecular complexity index is 3530. The van der Waals surface area contributed by atoms with E-state index >= 15 is 0 Å². The lowest BCUT2D eigenvalue weighted by atomic mass is 9.76. The van der Waals surface area contributed by atoms with E-state index in [4.69, 9.17) is 28.7 Å². The summed E-state index contributed by atoms with van der Waals surface area (Å²) >= 11 is 0. The number of Topliss-reactive ketones (excluding diaryl/α,β-unsaturated/α-hetero) is 1. The molecule has 468 valence electrons. The number of hydrogen-bond donors (Lipinski definition) is 5. The lowest BCUT2D eigenvalue weighted by Gasteiger charge is -2.38. The number of anilines is 1. The second-order valence-corrected chi connectivity index (χ2v) is 22.8. The molecule has 0 bridgehead atoms. The highest BCUT2D eigenvalue weighted by atomic mass is 32.2. The Morgan fingerprint density at radius 1 is 0.697 bits per heavy atom. The highest BCUT2D eigenvalue weighted by Gasteiger charge is 2.41. The predicted molar refractivity (Wildman–Crippen MR) is 335 cm³/mol. The zero-order chi connectivity index (χ0) is 63.2. The predicted octanol–water partition coefficient (Wildman–Crippen LogP) is 9.08. The van der Waals surface area contributed by atoms with Gasteiger partial charge in [-0.3, -0.25) is 19.0 Å². The first-order valence-corrected chi connectivity index (χ1v) is 31.0. The number of sulfonamides is 1. The van der Waals surface area contributed by atoms with Gasteiger partial charge in [0.15, 0.2) is 5.78 Å². The zero-order valence-corrected chi connectivity index (χ0v) is 51.2. The van der Waals surface area contributed by atoms with Crippen LogP contribution in [0.1, 0.15) is 88.8 Å². The summed E-state index contributed by atoms with van der Waals surface area (Å²) in [6, 6.07) is 46.2. The van der Waals surface area contributed by atoms with Crippen LogP contribution in [0.2, 0.25) is 0 Å². The molecule has 6 aromatic carbocycles. The zero-order valence-electron chi connectivity index (χ0n) is 50.4. The molecule has 2 unspecified atom stereocenters. The van der Waals surface area contributed by atoms with Gasteiger partial charge in [-0.2, -0.15) is 0 Å². The molecule has 1 aliphatic rings. The molecule has 5 N–H and O–H groups in total. The summed E-state index contributed by atoms with van der Waals surface area (Å²) in [5.74, 6) is -3.55. The van der Waals surface area contributed by atoms with Crippen LogP contribution in [-0.4, -0.2) is 129 Å². The van der Waals surface area contributed by atoms with Crippen LogP contribution >= 0.6 is 0 Å². The fraction of sp³-hybridized carbons (Fsp3) is 0.328. The second kappa shape index (κ2) is 32.2. The molecule has 7 aromatic rings. The highest BCUT2D eigenvalue weighted by molar-refractivity contribution is 7.89. The molecule has 3 amide bonds. The van der Waals surface area contributed by atoms with Gasteiger partial charge in [0.05, 0.1) is 49.5 Å². The number of ketones is 1. The Hall–Kier alpha value is -9.06. The molecule has 8 rings (SSSR count). The molecule has 0 aliphatic carbocycles. The molecule has 0 radical (unpaired) electrons. The van der Waals surface area contributed by atoms with Gasteiger partial charge in [0.1, 0.15) is 29.6 Å². The molecule has 2 heterocycles. The Morgan fingerprint density at radius 2 is 1.25 bits per heavy atom. The number of aryl methyl sites for hydroxylation is 2. The van der Waals surface area contributed by atoms with Gasteiger partial charge in [-0.1, -0.05) is 127 Å². The van der Waals surface area contributed by atoms with Crippen molar-refractivity contribution >= 4 is 57.0 Å². The first-order valence-electron chi connectivity index (χ1n) is 29.6. The quantitative estimate of drug-likeness (QED) is 0.0143. The van der Waals surface area contributed by atoms with Gasteiger partial charge in [0, 0.05) is 57.2 Å². The van der Waals surface area contributed by atoms with Gasteiger partial charge in [-0.25, -0.2) is 33.0 Å². The van der Waals surface area contributed by atoms with Crippen LogP contribution in [0.3, 0.4) is 0 Å². The number of ether oxygens (including phenoxy) is 5. The molecule has 22 heteroatoms. The SMILES string of the molecule is Cc1cc(OCCCC(=O)NCCCOCCOCCOCCCNC(=O)OCc2ccccc2)cc(C)c1S(=O)(=O)NN(C(=O)C1=Nc2cc(CNc3nccn3C(c3ccccc3)(c3ccccc3)c3ccccc3)ccc2C(=O)C1C)C(C)C(=O)O. The third-order valence-corrected chi connectivity index (χ3v) is 16.4. The molecule has 1 aromatic heterocycles. The van der Waals surface area contributed by atoms with Crippen LogP contribution in [0.25, 0.3) is 0 Å². The summed E-state index contributed by atoms with van der Waals surface area (Å²) in [7, 11) is -4.67. The summed E-state index contributed by atoms with van der Waals surface area (Å²) in [6.45, 7) is 9.60. The number of amides is 3. The number of aliphatic carboxylic acids is 1. The number of aromatic nitrogens is 2. The molecule has 0 saturated carbocycles. The first-order chi connectivity index (χ1) is 43.1. The number of hydrogen-bond acceptors (Lipinski definition) is 15. The van der Waals surface area contributed by atoms with Crippen molar-refractivity contribution in [3.8, 4) is 5.75 Å². The normalized spacial score (nSPS) is 13.4. The number of carbonyl (C=O) groups excluding carboxylic acids is 4. The minimum atomic E-state index is -4.67. The molecule has 0 saturated heterocycles. The Balaban J connectivity index is 0.797. The number of rotatable bonds is 34. The largest absolute Gasteiger partial charge is 0.494 e. The van der Waals surface area contributed by atoms with E-state index in [1.165, 1.54) is 32.9 Å². The Kier molecular flexibility index (Phi) is 23.9. The van der Waals surface area contributed by atoms with Crippen LogP contribution in [0.15, 0.2) is 174 Å². The van der Waals surface area contributed by atoms with E-state index in [1.807, 2.05) is 91.1 Å². The molecule has 0 fully saturated rings. The van der Waals surface area contributed by atoms with Crippen molar-refractivity contribution in [3.63, 3.8) is 0 Å². The number of imidazole rings is 1. The summed E-state index contributed by atoms with van der Waals surface area (Å²) in [5, 5.41) is 19.7. The lowest BCUT2D eigenvalue weighted by molar-refractivity contribution is -0.148. The lowest BCUT2D eigenvalue weighted by Crippen LogP contribution is -2.57. The van der Waals surface area contributed by atoms with Crippen LogP contribution in [-0.2, 0) is 62.0 Å². The van der Waals surface area contributed by atoms with Gasteiger partial charge < -0.3 is 44.7 Å². The van der Waals surface area contributed by atoms with Gasteiger partial charge in [-0.05, 0) is 110 Å². The monoisotopic (exact) mass is 1230 g/mol.